The lowest BCUT2D eigenvalue weighted by molar-refractivity contribution is -0.120. The number of benzene rings is 1. The van der Waals surface area contributed by atoms with Crippen molar-refractivity contribution in [1.29, 1.82) is 0 Å². The predicted molar refractivity (Wildman–Crippen MR) is 56.0 cm³/mol. The number of piperazine rings is 1. The highest BCUT2D eigenvalue weighted by atomic mass is 19.2. The molecule has 2 rings (SSSR count). The minimum Gasteiger partial charge on any atom is -0.397 e. The van der Waals surface area contributed by atoms with Gasteiger partial charge in [-0.15, -0.1) is 0 Å². The maximum Gasteiger partial charge on any atom is 0.239 e. The normalized spacial score (nSPS) is 16.1. The van der Waals surface area contributed by atoms with Crippen LogP contribution in [0.5, 0.6) is 0 Å². The molecular weight excluding hydrogens is 216 g/mol. The number of nitrogens with two attached hydrogens (primary N) is 1. The highest BCUT2D eigenvalue weighted by molar-refractivity contribution is 5.84. The van der Waals surface area contributed by atoms with Crippen molar-refractivity contribution in [2.24, 2.45) is 0 Å². The number of amides is 1. The van der Waals surface area contributed by atoms with E-state index in [2.05, 4.69) is 5.32 Å². The van der Waals surface area contributed by atoms with E-state index in [0.29, 0.717) is 13.1 Å². The summed E-state index contributed by atoms with van der Waals surface area (Å²) in [6, 6.07) is 2.26. The Labute approximate surface area is 91.0 Å². The SMILES string of the molecule is Nc1ccc(F)c(F)c1N1CCNC(=O)C1. The number of halogens is 2. The molecular formula is C10H11F2N3O. The molecule has 1 aromatic carbocycles. The number of carbonyl (C=O) groups is 1. The number of nitrogens with one attached hydrogen (secondary N) is 1. The molecule has 3 N–H and O–H groups in total. The van der Waals surface area contributed by atoms with E-state index in [0.717, 1.165) is 6.07 Å². The predicted octanol–water partition coefficient (Wildman–Crippen LogP) is 0.483. The first kappa shape index (κ1) is 10.7. The van der Waals surface area contributed by atoms with Crippen LogP contribution in [0.4, 0.5) is 20.2 Å². The summed E-state index contributed by atoms with van der Waals surface area (Å²) in [6.45, 7) is 0.801. The summed E-state index contributed by atoms with van der Waals surface area (Å²) >= 11 is 0. The van der Waals surface area contributed by atoms with Gasteiger partial charge in [-0.25, -0.2) is 8.78 Å². The summed E-state index contributed by atoms with van der Waals surface area (Å²) in [5, 5.41) is 2.60. The highest BCUT2D eigenvalue weighted by Gasteiger charge is 2.23. The fourth-order valence-corrected chi connectivity index (χ4v) is 1.71. The standard InChI is InChI=1S/C10H11F2N3O/c11-6-1-2-7(13)10(9(6)12)15-4-3-14-8(16)5-15/h1-2H,3-5,13H2,(H,14,16). The van der Waals surface area contributed by atoms with E-state index in [4.69, 9.17) is 5.73 Å². The molecule has 4 nitrogen and oxygen atoms in total. The summed E-state index contributed by atoms with van der Waals surface area (Å²) < 4.78 is 26.6. The smallest absolute Gasteiger partial charge is 0.239 e. The van der Waals surface area contributed by atoms with Gasteiger partial charge in [0.25, 0.3) is 0 Å². The van der Waals surface area contributed by atoms with Crippen molar-refractivity contribution >= 4 is 17.3 Å². The number of nitrogen functional groups attached to an aromatic ring is 1. The fourth-order valence-electron chi connectivity index (χ4n) is 1.71. The average molecular weight is 227 g/mol. The Hall–Kier alpha value is -1.85. The summed E-state index contributed by atoms with van der Waals surface area (Å²) in [7, 11) is 0. The van der Waals surface area contributed by atoms with Gasteiger partial charge in [0.1, 0.15) is 0 Å². The van der Waals surface area contributed by atoms with Crippen molar-refractivity contribution < 1.29 is 13.6 Å². The lowest BCUT2D eigenvalue weighted by Gasteiger charge is -2.29. The van der Waals surface area contributed by atoms with E-state index in [1.165, 1.54) is 11.0 Å². The Morgan fingerprint density at radius 2 is 2.12 bits per heavy atom. The van der Waals surface area contributed by atoms with Crippen molar-refractivity contribution in [1.82, 2.24) is 5.32 Å². The Morgan fingerprint density at radius 1 is 1.38 bits per heavy atom. The molecule has 0 aromatic heterocycles. The molecule has 16 heavy (non-hydrogen) atoms. The van der Waals surface area contributed by atoms with Gasteiger partial charge in [0, 0.05) is 13.1 Å². The molecule has 1 aliphatic rings. The maximum atomic E-state index is 13.5. The van der Waals surface area contributed by atoms with Crippen LogP contribution in [0.2, 0.25) is 0 Å². The van der Waals surface area contributed by atoms with E-state index in [-0.39, 0.29) is 23.8 Å². The van der Waals surface area contributed by atoms with Gasteiger partial charge in [-0.05, 0) is 12.1 Å². The van der Waals surface area contributed by atoms with Crippen LogP contribution in [0.15, 0.2) is 12.1 Å². The molecule has 0 radical (unpaired) electrons. The van der Waals surface area contributed by atoms with Crippen LogP contribution in [0.25, 0.3) is 0 Å². The van der Waals surface area contributed by atoms with Gasteiger partial charge >= 0.3 is 0 Å². The summed E-state index contributed by atoms with van der Waals surface area (Å²) in [4.78, 5) is 12.6. The van der Waals surface area contributed by atoms with E-state index in [1.54, 1.807) is 0 Å². The van der Waals surface area contributed by atoms with Crippen molar-refractivity contribution in [3.63, 3.8) is 0 Å². The van der Waals surface area contributed by atoms with Crippen LogP contribution < -0.4 is 16.0 Å². The minimum atomic E-state index is -1.00. The molecule has 1 aromatic rings. The Morgan fingerprint density at radius 3 is 2.81 bits per heavy atom. The molecule has 1 amide bonds. The molecule has 1 aliphatic heterocycles. The van der Waals surface area contributed by atoms with Gasteiger partial charge in [0.15, 0.2) is 11.6 Å². The fraction of sp³-hybridized carbons (Fsp3) is 0.300. The Balaban J connectivity index is 2.39. The zero-order valence-corrected chi connectivity index (χ0v) is 8.46. The zero-order valence-electron chi connectivity index (χ0n) is 8.46. The molecule has 1 heterocycles. The highest BCUT2D eigenvalue weighted by Crippen LogP contribution is 2.28. The van der Waals surface area contributed by atoms with Crippen molar-refractivity contribution in [2.75, 3.05) is 30.3 Å². The second-order valence-electron chi connectivity index (χ2n) is 3.57. The Kier molecular flexibility index (Phi) is 2.64. The van der Waals surface area contributed by atoms with Gasteiger partial charge in [0.2, 0.25) is 5.91 Å². The Bertz CT molecular complexity index is 436. The van der Waals surface area contributed by atoms with Crippen LogP contribution in [0.3, 0.4) is 0 Å². The second-order valence-corrected chi connectivity index (χ2v) is 3.57. The first-order chi connectivity index (χ1) is 7.59. The molecule has 0 spiro atoms. The number of hydrogen-bond acceptors (Lipinski definition) is 3. The van der Waals surface area contributed by atoms with Crippen LogP contribution in [0, 0.1) is 11.6 Å². The lowest BCUT2D eigenvalue weighted by atomic mass is 10.2. The first-order valence-corrected chi connectivity index (χ1v) is 4.84. The van der Waals surface area contributed by atoms with Gasteiger partial charge in [-0.3, -0.25) is 4.79 Å². The van der Waals surface area contributed by atoms with Gasteiger partial charge < -0.3 is 16.0 Å². The number of rotatable bonds is 1. The third-order valence-electron chi connectivity index (χ3n) is 2.45. The monoisotopic (exact) mass is 227 g/mol. The maximum absolute atomic E-state index is 13.5. The molecule has 0 unspecified atom stereocenters. The van der Waals surface area contributed by atoms with Crippen LogP contribution in [0.1, 0.15) is 0 Å². The molecule has 86 valence electrons. The third kappa shape index (κ3) is 1.78. The van der Waals surface area contributed by atoms with E-state index in [1.807, 2.05) is 0 Å². The van der Waals surface area contributed by atoms with Gasteiger partial charge in [-0.1, -0.05) is 0 Å². The number of anilines is 2. The quantitative estimate of drug-likeness (QED) is 0.686. The number of hydrogen-bond donors (Lipinski definition) is 2. The van der Waals surface area contributed by atoms with E-state index in [9.17, 15) is 13.6 Å². The topological polar surface area (TPSA) is 58.4 Å². The summed E-state index contributed by atoms with van der Waals surface area (Å²) in [6.07, 6.45) is 0. The molecule has 0 bridgehead atoms. The number of nitrogens with zero attached hydrogens (tertiary/aromatic N) is 1. The summed E-state index contributed by atoms with van der Waals surface area (Å²) in [5.41, 5.74) is 5.69. The minimum absolute atomic E-state index is 0.00935. The zero-order chi connectivity index (χ0) is 11.7. The van der Waals surface area contributed by atoms with Gasteiger partial charge in [-0.2, -0.15) is 0 Å². The van der Waals surface area contributed by atoms with Crippen LogP contribution in [-0.4, -0.2) is 25.5 Å². The molecule has 6 heteroatoms. The molecule has 1 saturated heterocycles. The molecule has 1 fully saturated rings. The second kappa shape index (κ2) is 3.96. The van der Waals surface area contributed by atoms with Crippen molar-refractivity contribution in [3.8, 4) is 0 Å². The van der Waals surface area contributed by atoms with Crippen molar-refractivity contribution in [2.45, 2.75) is 0 Å². The largest absolute Gasteiger partial charge is 0.397 e. The summed E-state index contributed by atoms with van der Waals surface area (Å²) in [5.74, 6) is -2.20. The van der Waals surface area contributed by atoms with E-state index >= 15 is 0 Å². The molecule has 0 aliphatic carbocycles. The van der Waals surface area contributed by atoms with Crippen LogP contribution >= 0.6 is 0 Å². The molecule has 0 atom stereocenters. The van der Waals surface area contributed by atoms with Crippen LogP contribution in [-0.2, 0) is 4.79 Å². The lowest BCUT2D eigenvalue weighted by Crippen LogP contribution is -2.48. The molecule has 0 saturated carbocycles. The average Bonchev–Trinajstić information content (AvgIpc) is 2.24. The van der Waals surface area contributed by atoms with Gasteiger partial charge in [0.05, 0.1) is 17.9 Å². The third-order valence-corrected chi connectivity index (χ3v) is 2.45. The van der Waals surface area contributed by atoms with E-state index < -0.39 is 11.6 Å². The van der Waals surface area contributed by atoms with Crippen molar-refractivity contribution in [3.05, 3.63) is 23.8 Å². The first-order valence-electron chi connectivity index (χ1n) is 4.84. The number of carbonyl (C=O) groups excluding carboxylic acids is 1.